The molecule has 0 aliphatic carbocycles. The molecule has 0 aliphatic heterocycles. The Morgan fingerprint density at radius 1 is 1.23 bits per heavy atom. The van der Waals surface area contributed by atoms with E-state index in [1.54, 1.807) is 6.07 Å². The molecule has 1 amide bonds. The molecular formula is C17H18BrClN2O4S. The van der Waals surface area contributed by atoms with Crippen LogP contribution in [0.15, 0.2) is 51.8 Å². The van der Waals surface area contributed by atoms with Gasteiger partial charge in [0.1, 0.15) is 0 Å². The Hall–Kier alpha value is -1.45. The molecule has 0 aliphatic rings. The molecule has 140 valence electrons. The number of amides is 1. The van der Waals surface area contributed by atoms with E-state index in [4.69, 9.17) is 11.6 Å². The highest BCUT2D eigenvalue weighted by Gasteiger charge is 2.26. The quantitative estimate of drug-likeness (QED) is 0.663. The number of hydrogen-bond donors (Lipinski definition) is 2. The lowest BCUT2D eigenvalue weighted by molar-refractivity contribution is -0.116. The van der Waals surface area contributed by atoms with Crippen LogP contribution in [-0.2, 0) is 14.8 Å². The van der Waals surface area contributed by atoms with E-state index in [1.807, 2.05) is 19.1 Å². The van der Waals surface area contributed by atoms with Crippen LogP contribution in [0.4, 0.5) is 5.69 Å². The highest BCUT2D eigenvalue weighted by atomic mass is 79.9. The Labute approximate surface area is 166 Å². The van der Waals surface area contributed by atoms with Gasteiger partial charge in [0.2, 0.25) is 15.9 Å². The number of halogens is 2. The summed E-state index contributed by atoms with van der Waals surface area (Å²) in [6.45, 7) is 0.881. The average molecular weight is 462 g/mol. The van der Waals surface area contributed by atoms with Gasteiger partial charge in [-0.3, -0.25) is 4.79 Å². The summed E-state index contributed by atoms with van der Waals surface area (Å²) in [6, 6.07) is 11.0. The van der Waals surface area contributed by atoms with Gasteiger partial charge >= 0.3 is 0 Å². The minimum absolute atomic E-state index is 0.000309. The first-order valence-electron chi connectivity index (χ1n) is 7.66. The van der Waals surface area contributed by atoms with Crippen molar-refractivity contribution in [2.75, 3.05) is 25.0 Å². The summed E-state index contributed by atoms with van der Waals surface area (Å²) in [5, 5.41) is 12.3. The molecule has 26 heavy (non-hydrogen) atoms. The number of sulfonamides is 1. The molecule has 0 aromatic heterocycles. The Balaban J connectivity index is 2.18. The van der Waals surface area contributed by atoms with Crippen molar-refractivity contribution in [3.05, 3.63) is 57.5 Å². The van der Waals surface area contributed by atoms with E-state index in [1.165, 1.54) is 24.3 Å². The second kappa shape index (κ2) is 8.96. The van der Waals surface area contributed by atoms with E-state index in [9.17, 15) is 18.3 Å². The summed E-state index contributed by atoms with van der Waals surface area (Å²) in [5.41, 5.74) is 1.55. The van der Waals surface area contributed by atoms with E-state index in [0.29, 0.717) is 15.2 Å². The third kappa shape index (κ3) is 5.28. The largest absolute Gasteiger partial charge is 0.395 e. The minimum Gasteiger partial charge on any atom is -0.395 e. The maximum absolute atomic E-state index is 12.7. The van der Waals surface area contributed by atoms with Crippen molar-refractivity contribution < 1.29 is 18.3 Å². The lowest BCUT2D eigenvalue weighted by Crippen LogP contribution is -2.39. The van der Waals surface area contributed by atoms with Gasteiger partial charge in [0.15, 0.2) is 0 Å². The molecule has 2 aromatic carbocycles. The lowest BCUT2D eigenvalue weighted by atomic mass is 10.2. The van der Waals surface area contributed by atoms with Crippen molar-refractivity contribution in [2.24, 2.45) is 0 Å². The second-order valence-electron chi connectivity index (χ2n) is 5.55. The molecular weight excluding hydrogens is 444 g/mol. The minimum atomic E-state index is -3.94. The normalized spacial score (nSPS) is 11.6. The molecule has 0 saturated heterocycles. The molecule has 2 aromatic rings. The predicted octanol–water partition coefficient (Wildman–Crippen LogP) is 3.03. The Morgan fingerprint density at radius 3 is 2.46 bits per heavy atom. The molecule has 0 atom stereocenters. The Morgan fingerprint density at radius 2 is 1.88 bits per heavy atom. The molecule has 0 unspecified atom stereocenters. The summed E-state index contributed by atoms with van der Waals surface area (Å²) in [4.78, 5) is 12.3. The Kier molecular flexibility index (Phi) is 7.19. The topological polar surface area (TPSA) is 86.7 Å². The van der Waals surface area contributed by atoms with Crippen molar-refractivity contribution in [3.8, 4) is 0 Å². The van der Waals surface area contributed by atoms with Crippen molar-refractivity contribution in [3.63, 3.8) is 0 Å². The number of carbonyl (C=O) groups excluding carboxylic acids is 1. The zero-order chi connectivity index (χ0) is 19.3. The monoisotopic (exact) mass is 460 g/mol. The number of aliphatic hydroxyl groups excluding tert-OH is 1. The number of anilines is 1. The number of aliphatic hydroxyl groups is 1. The predicted molar refractivity (Wildman–Crippen MR) is 105 cm³/mol. The van der Waals surface area contributed by atoms with Gasteiger partial charge in [-0.2, -0.15) is 4.31 Å². The zero-order valence-corrected chi connectivity index (χ0v) is 17.1. The first-order chi connectivity index (χ1) is 12.2. The van der Waals surface area contributed by atoms with E-state index in [0.717, 1.165) is 9.87 Å². The van der Waals surface area contributed by atoms with Gasteiger partial charge < -0.3 is 10.4 Å². The first kappa shape index (κ1) is 20.9. The molecule has 2 rings (SSSR count). The van der Waals surface area contributed by atoms with Crippen LogP contribution >= 0.6 is 27.5 Å². The molecule has 0 radical (unpaired) electrons. The number of carbonyl (C=O) groups is 1. The third-order valence-corrected chi connectivity index (χ3v) is 6.29. The van der Waals surface area contributed by atoms with Gasteiger partial charge in [-0.15, -0.1) is 0 Å². The smallest absolute Gasteiger partial charge is 0.243 e. The summed E-state index contributed by atoms with van der Waals surface area (Å²) >= 11 is 9.14. The van der Waals surface area contributed by atoms with Gasteiger partial charge in [0, 0.05) is 16.0 Å². The fourth-order valence-electron chi connectivity index (χ4n) is 2.22. The number of aryl methyl sites for hydroxylation is 1. The van der Waals surface area contributed by atoms with Gasteiger partial charge in [-0.25, -0.2) is 8.42 Å². The van der Waals surface area contributed by atoms with E-state index >= 15 is 0 Å². The van der Waals surface area contributed by atoms with Crippen LogP contribution in [0.2, 0.25) is 5.02 Å². The molecule has 6 nitrogen and oxygen atoms in total. The van der Waals surface area contributed by atoms with E-state index in [2.05, 4.69) is 21.2 Å². The molecule has 0 heterocycles. The fourth-order valence-corrected chi connectivity index (χ4v) is 4.33. The molecule has 2 N–H and O–H groups in total. The van der Waals surface area contributed by atoms with E-state index in [-0.39, 0.29) is 11.4 Å². The lowest BCUT2D eigenvalue weighted by Gasteiger charge is -2.21. The van der Waals surface area contributed by atoms with Crippen LogP contribution in [0.5, 0.6) is 0 Å². The van der Waals surface area contributed by atoms with Crippen molar-refractivity contribution in [1.29, 1.82) is 0 Å². The maximum Gasteiger partial charge on any atom is 0.243 e. The summed E-state index contributed by atoms with van der Waals surface area (Å²) in [6.07, 6.45) is 0. The number of benzene rings is 2. The van der Waals surface area contributed by atoms with Crippen molar-refractivity contribution in [1.82, 2.24) is 4.31 Å². The van der Waals surface area contributed by atoms with E-state index < -0.39 is 29.1 Å². The summed E-state index contributed by atoms with van der Waals surface area (Å²) < 4.78 is 27.0. The standard InChI is InChI=1S/C17H18BrClN2O4S/c1-12-2-7-16(15(18)10-12)20-17(23)11-21(8-9-22)26(24,25)14-5-3-13(19)4-6-14/h2-7,10,22H,8-9,11H2,1H3,(H,20,23). The highest BCUT2D eigenvalue weighted by molar-refractivity contribution is 9.10. The molecule has 9 heteroatoms. The highest BCUT2D eigenvalue weighted by Crippen LogP contribution is 2.24. The number of rotatable bonds is 7. The van der Waals surface area contributed by atoms with Gasteiger partial charge in [-0.1, -0.05) is 17.7 Å². The van der Waals surface area contributed by atoms with Crippen LogP contribution in [0, 0.1) is 6.92 Å². The third-order valence-electron chi connectivity index (χ3n) is 3.52. The maximum atomic E-state index is 12.7. The average Bonchev–Trinajstić information content (AvgIpc) is 2.57. The Bertz CT molecular complexity index is 888. The van der Waals surface area contributed by atoms with Crippen LogP contribution < -0.4 is 5.32 Å². The number of nitrogens with one attached hydrogen (secondary N) is 1. The van der Waals surface area contributed by atoms with Crippen LogP contribution in [0.3, 0.4) is 0 Å². The van der Waals surface area contributed by atoms with Crippen LogP contribution in [-0.4, -0.2) is 43.4 Å². The molecule has 0 fully saturated rings. The van der Waals surface area contributed by atoms with Gasteiger partial charge in [0.05, 0.1) is 23.7 Å². The summed E-state index contributed by atoms with van der Waals surface area (Å²) in [7, 11) is -3.94. The molecule has 0 spiro atoms. The van der Waals surface area contributed by atoms with Crippen molar-refractivity contribution >= 4 is 49.1 Å². The van der Waals surface area contributed by atoms with Gasteiger partial charge in [0.25, 0.3) is 0 Å². The SMILES string of the molecule is Cc1ccc(NC(=O)CN(CCO)S(=O)(=O)c2ccc(Cl)cc2)c(Br)c1. The van der Waals surface area contributed by atoms with Crippen LogP contribution in [0.1, 0.15) is 5.56 Å². The number of nitrogens with zero attached hydrogens (tertiary/aromatic N) is 1. The number of hydrogen-bond acceptors (Lipinski definition) is 4. The molecule has 0 bridgehead atoms. The van der Waals surface area contributed by atoms with Crippen LogP contribution in [0.25, 0.3) is 0 Å². The fraction of sp³-hybridized carbons (Fsp3) is 0.235. The van der Waals surface area contributed by atoms with Gasteiger partial charge in [-0.05, 0) is 64.8 Å². The summed E-state index contributed by atoms with van der Waals surface area (Å²) in [5.74, 6) is -0.513. The zero-order valence-electron chi connectivity index (χ0n) is 13.9. The molecule has 0 saturated carbocycles. The first-order valence-corrected chi connectivity index (χ1v) is 10.3. The second-order valence-corrected chi connectivity index (χ2v) is 8.78. The van der Waals surface area contributed by atoms with Crippen molar-refractivity contribution in [2.45, 2.75) is 11.8 Å².